The SMILES string of the molecule is CC(C)(C)OC(=O)Nc1ccccc1NC(=O)C=Cc1ccc(C(O)C(=O)O)cc1. The van der Waals surface area contributed by atoms with Gasteiger partial charge in [-0.15, -0.1) is 0 Å². The number of amides is 2. The number of nitrogens with one attached hydrogen (secondary N) is 2. The van der Waals surface area contributed by atoms with Crippen LogP contribution in [-0.2, 0) is 14.3 Å². The van der Waals surface area contributed by atoms with Crippen LogP contribution in [0.4, 0.5) is 16.2 Å². The molecule has 0 saturated carbocycles. The molecule has 0 bridgehead atoms. The van der Waals surface area contributed by atoms with Crippen LogP contribution < -0.4 is 10.6 Å². The summed E-state index contributed by atoms with van der Waals surface area (Å²) in [5, 5.41) is 23.6. The van der Waals surface area contributed by atoms with Crippen molar-refractivity contribution in [2.24, 2.45) is 0 Å². The van der Waals surface area contributed by atoms with Crippen LogP contribution in [0.2, 0.25) is 0 Å². The number of carbonyl (C=O) groups excluding carboxylic acids is 2. The molecule has 158 valence electrons. The fourth-order valence-electron chi connectivity index (χ4n) is 2.39. The largest absolute Gasteiger partial charge is 0.479 e. The molecule has 8 nitrogen and oxygen atoms in total. The fraction of sp³-hybridized carbons (Fsp3) is 0.227. The number of hydrogen-bond acceptors (Lipinski definition) is 5. The Hall–Kier alpha value is -3.65. The minimum Gasteiger partial charge on any atom is -0.479 e. The minimum absolute atomic E-state index is 0.242. The van der Waals surface area contributed by atoms with Crippen LogP contribution in [0.15, 0.2) is 54.6 Å². The van der Waals surface area contributed by atoms with Crippen LogP contribution >= 0.6 is 0 Å². The van der Waals surface area contributed by atoms with E-state index in [1.54, 1.807) is 57.2 Å². The molecule has 0 aliphatic heterocycles. The Balaban J connectivity index is 2.03. The smallest absolute Gasteiger partial charge is 0.412 e. The number of carbonyl (C=O) groups is 3. The van der Waals surface area contributed by atoms with Gasteiger partial charge >= 0.3 is 12.1 Å². The van der Waals surface area contributed by atoms with Gasteiger partial charge in [-0.2, -0.15) is 0 Å². The Morgan fingerprint density at radius 1 is 0.967 bits per heavy atom. The van der Waals surface area contributed by atoms with Gasteiger partial charge in [0.2, 0.25) is 5.91 Å². The summed E-state index contributed by atoms with van der Waals surface area (Å²) in [7, 11) is 0. The Kier molecular flexibility index (Phi) is 7.32. The number of aliphatic hydroxyl groups excluding tert-OH is 1. The van der Waals surface area contributed by atoms with Gasteiger partial charge in [0.1, 0.15) is 5.60 Å². The molecule has 0 aliphatic rings. The van der Waals surface area contributed by atoms with Gasteiger partial charge in [0.25, 0.3) is 0 Å². The summed E-state index contributed by atoms with van der Waals surface area (Å²) >= 11 is 0. The van der Waals surface area contributed by atoms with Crippen molar-refractivity contribution >= 4 is 35.4 Å². The maximum Gasteiger partial charge on any atom is 0.412 e. The van der Waals surface area contributed by atoms with Gasteiger partial charge in [0.05, 0.1) is 11.4 Å². The van der Waals surface area contributed by atoms with Crippen molar-refractivity contribution in [1.82, 2.24) is 0 Å². The summed E-state index contributed by atoms with van der Waals surface area (Å²) in [6.45, 7) is 5.25. The highest BCUT2D eigenvalue weighted by molar-refractivity contribution is 6.05. The second kappa shape index (κ2) is 9.71. The molecule has 1 unspecified atom stereocenters. The maximum absolute atomic E-state index is 12.3. The lowest BCUT2D eigenvalue weighted by atomic mass is 10.1. The number of carboxylic acid groups (broad SMARTS) is 1. The molecule has 0 aromatic heterocycles. The standard InChI is InChI=1S/C22H24N2O6/c1-22(2,3)30-21(29)24-17-7-5-4-6-16(17)23-18(25)13-10-14-8-11-15(12-9-14)19(26)20(27)28/h4-13,19,26H,1-3H3,(H,23,25)(H,24,29)(H,27,28). The molecule has 0 aliphatic carbocycles. The van der Waals surface area contributed by atoms with E-state index in [-0.39, 0.29) is 5.56 Å². The average Bonchev–Trinajstić information content (AvgIpc) is 2.66. The number of rotatable bonds is 6. The van der Waals surface area contributed by atoms with Crippen LogP contribution in [0, 0.1) is 0 Å². The first-order chi connectivity index (χ1) is 14.0. The topological polar surface area (TPSA) is 125 Å². The van der Waals surface area contributed by atoms with E-state index in [0.717, 1.165) is 0 Å². The molecule has 2 amide bonds. The Labute approximate surface area is 174 Å². The van der Waals surface area contributed by atoms with Crippen LogP contribution in [0.5, 0.6) is 0 Å². The summed E-state index contributed by atoms with van der Waals surface area (Å²) in [5.74, 6) is -1.76. The average molecular weight is 412 g/mol. The van der Waals surface area contributed by atoms with E-state index < -0.39 is 29.7 Å². The van der Waals surface area contributed by atoms with Gasteiger partial charge in [-0.05, 0) is 50.1 Å². The number of aliphatic hydroxyl groups is 1. The van der Waals surface area contributed by atoms with Gasteiger partial charge in [0.15, 0.2) is 6.10 Å². The lowest BCUT2D eigenvalue weighted by Crippen LogP contribution is -2.27. The molecule has 2 aromatic rings. The first-order valence-corrected chi connectivity index (χ1v) is 9.14. The van der Waals surface area contributed by atoms with Crippen molar-refractivity contribution in [1.29, 1.82) is 0 Å². The van der Waals surface area contributed by atoms with Crippen molar-refractivity contribution in [2.75, 3.05) is 10.6 Å². The molecule has 30 heavy (non-hydrogen) atoms. The fourth-order valence-corrected chi connectivity index (χ4v) is 2.39. The van der Waals surface area contributed by atoms with E-state index in [4.69, 9.17) is 9.84 Å². The molecular weight excluding hydrogens is 388 g/mol. The molecular formula is C22H24N2O6. The predicted octanol–water partition coefficient (Wildman–Crippen LogP) is 3.80. The predicted molar refractivity (Wildman–Crippen MR) is 113 cm³/mol. The second-order valence-corrected chi connectivity index (χ2v) is 7.40. The first kappa shape index (κ1) is 22.6. The zero-order chi connectivity index (χ0) is 22.3. The Morgan fingerprint density at radius 3 is 2.07 bits per heavy atom. The summed E-state index contributed by atoms with van der Waals surface area (Å²) in [4.78, 5) is 35.0. The molecule has 0 saturated heterocycles. The summed E-state index contributed by atoms with van der Waals surface area (Å²) < 4.78 is 5.22. The molecule has 0 fully saturated rings. The quantitative estimate of drug-likeness (QED) is 0.535. The second-order valence-electron chi connectivity index (χ2n) is 7.40. The summed E-state index contributed by atoms with van der Waals surface area (Å²) in [6, 6.07) is 12.8. The Bertz CT molecular complexity index is 945. The molecule has 0 radical (unpaired) electrons. The number of carboxylic acids is 1. The number of anilines is 2. The molecule has 8 heteroatoms. The van der Waals surface area contributed by atoms with E-state index >= 15 is 0 Å². The zero-order valence-electron chi connectivity index (χ0n) is 16.9. The maximum atomic E-state index is 12.3. The van der Waals surface area contributed by atoms with Gasteiger partial charge < -0.3 is 20.3 Å². The molecule has 0 spiro atoms. The number of ether oxygens (including phenoxy) is 1. The number of hydrogen-bond donors (Lipinski definition) is 4. The van der Waals surface area contributed by atoms with Crippen molar-refractivity contribution < 1.29 is 29.3 Å². The normalized spacial score (nSPS) is 12.3. The van der Waals surface area contributed by atoms with Crippen molar-refractivity contribution in [3.8, 4) is 0 Å². The zero-order valence-corrected chi connectivity index (χ0v) is 16.9. The van der Waals surface area contributed by atoms with Gasteiger partial charge in [-0.3, -0.25) is 10.1 Å². The van der Waals surface area contributed by atoms with E-state index in [0.29, 0.717) is 16.9 Å². The minimum atomic E-state index is -1.60. The van der Waals surface area contributed by atoms with Gasteiger partial charge in [-0.25, -0.2) is 9.59 Å². The molecule has 2 rings (SSSR count). The molecule has 2 aromatic carbocycles. The highest BCUT2D eigenvalue weighted by Crippen LogP contribution is 2.22. The lowest BCUT2D eigenvalue weighted by molar-refractivity contribution is -0.146. The molecule has 4 N–H and O–H groups in total. The monoisotopic (exact) mass is 412 g/mol. The van der Waals surface area contributed by atoms with Crippen LogP contribution in [0.25, 0.3) is 6.08 Å². The van der Waals surface area contributed by atoms with Gasteiger partial charge in [0, 0.05) is 6.08 Å². The highest BCUT2D eigenvalue weighted by atomic mass is 16.6. The third-order valence-corrected chi connectivity index (χ3v) is 3.73. The van der Waals surface area contributed by atoms with Crippen molar-refractivity contribution in [2.45, 2.75) is 32.5 Å². The first-order valence-electron chi connectivity index (χ1n) is 9.14. The third-order valence-electron chi connectivity index (χ3n) is 3.73. The summed E-state index contributed by atoms with van der Waals surface area (Å²) in [6.07, 6.45) is 0.604. The van der Waals surface area contributed by atoms with E-state index in [1.165, 1.54) is 24.3 Å². The van der Waals surface area contributed by atoms with E-state index in [9.17, 15) is 19.5 Å². The Morgan fingerprint density at radius 2 is 1.53 bits per heavy atom. The third kappa shape index (κ3) is 7.06. The van der Waals surface area contributed by atoms with E-state index in [1.807, 2.05) is 0 Å². The number of para-hydroxylation sites is 2. The van der Waals surface area contributed by atoms with Gasteiger partial charge in [-0.1, -0.05) is 36.4 Å². The lowest BCUT2D eigenvalue weighted by Gasteiger charge is -2.20. The van der Waals surface area contributed by atoms with Crippen LogP contribution in [0.3, 0.4) is 0 Å². The number of benzene rings is 2. The number of aliphatic carboxylic acids is 1. The van der Waals surface area contributed by atoms with Crippen molar-refractivity contribution in [3.63, 3.8) is 0 Å². The van der Waals surface area contributed by atoms with Crippen LogP contribution in [0.1, 0.15) is 38.0 Å². The molecule has 0 heterocycles. The van der Waals surface area contributed by atoms with Crippen molar-refractivity contribution in [3.05, 3.63) is 65.7 Å². The van der Waals surface area contributed by atoms with Crippen LogP contribution in [-0.4, -0.2) is 33.8 Å². The highest BCUT2D eigenvalue weighted by Gasteiger charge is 2.17. The van der Waals surface area contributed by atoms with E-state index in [2.05, 4.69) is 10.6 Å². The summed E-state index contributed by atoms with van der Waals surface area (Å²) in [5.41, 5.74) is 1.03. The molecule has 1 atom stereocenters.